The number of ether oxygens (including phenoxy) is 3. The molecule has 0 saturated heterocycles. The number of nitrogens with zero attached hydrogens (tertiary/aromatic N) is 1. The van der Waals surface area contributed by atoms with Crippen molar-refractivity contribution < 1.29 is 28.6 Å². The second-order valence-electron chi connectivity index (χ2n) is 4.66. The van der Waals surface area contributed by atoms with Crippen molar-refractivity contribution in [2.24, 2.45) is 0 Å². The van der Waals surface area contributed by atoms with Gasteiger partial charge in [-0.2, -0.15) is 0 Å². The van der Waals surface area contributed by atoms with E-state index in [1.54, 1.807) is 0 Å². The van der Waals surface area contributed by atoms with E-state index >= 15 is 0 Å². The molecule has 1 saturated carbocycles. The highest BCUT2D eigenvalue weighted by atomic mass is 19.1. The maximum absolute atomic E-state index is 13.0. The molecule has 1 aliphatic rings. The van der Waals surface area contributed by atoms with Gasteiger partial charge in [-0.1, -0.05) is 0 Å². The van der Waals surface area contributed by atoms with Gasteiger partial charge in [0.1, 0.15) is 18.0 Å². The molecule has 8 heteroatoms. The summed E-state index contributed by atoms with van der Waals surface area (Å²) in [5, 5.41) is 20.5. The summed E-state index contributed by atoms with van der Waals surface area (Å²) in [5.41, 5.74) is -0.452. The fraction of sp³-hybridized carbons (Fsp3) is 0.538. The Morgan fingerprint density at radius 1 is 1.48 bits per heavy atom. The van der Waals surface area contributed by atoms with E-state index in [0.717, 1.165) is 12.1 Å². The minimum absolute atomic E-state index is 0.0429. The number of benzene rings is 1. The topological polar surface area (TPSA) is 91.1 Å². The summed E-state index contributed by atoms with van der Waals surface area (Å²) in [6.45, 7) is 0.649. The predicted octanol–water partition coefficient (Wildman–Crippen LogP) is 1.28. The van der Waals surface area contributed by atoms with Crippen LogP contribution in [0, 0.1) is 15.9 Å². The van der Waals surface area contributed by atoms with Crippen molar-refractivity contribution in [1.29, 1.82) is 0 Å². The smallest absolute Gasteiger partial charge is 0.313 e. The largest absolute Gasteiger partial charge is 0.481 e. The van der Waals surface area contributed by atoms with Crippen molar-refractivity contribution >= 4 is 5.69 Å². The molecular weight excluding hydrogens is 285 g/mol. The van der Waals surface area contributed by atoms with Crippen LogP contribution in [0.1, 0.15) is 6.42 Å². The summed E-state index contributed by atoms with van der Waals surface area (Å²) in [6, 6.07) is 3.08. The van der Waals surface area contributed by atoms with Crippen molar-refractivity contribution in [3.63, 3.8) is 0 Å². The Kier molecular flexibility index (Phi) is 5.05. The Bertz CT molecular complexity index is 511. The quantitative estimate of drug-likeness (QED) is 0.463. The van der Waals surface area contributed by atoms with Crippen molar-refractivity contribution in [3.8, 4) is 5.75 Å². The van der Waals surface area contributed by atoms with Crippen LogP contribution in [-0.4, -0.2) is 48.7 Å². The zero-order valence-electron chi connectivity index (χ0n) is 11.4. The molecule has 3 unspecified atom stereocenters. The van der Waals surface area contributed by atoms with Crippen LogP contribution in [0.4, 0.5) is 10.1 Å². The van der Waals surface area contributed by atoms with Gasteiger partial charge in [0.25, 0.3) is 0 Å². The van der Waals surface area contributed by atoms with E-state index in [2.05, 4.69) is 0 Å². The molecule has 0 aromatic heterocycles. The normalized spacial score (nSPS) is 24.4. The fourth-order valence-corrected chi connectivity index (χ4v) is 2.06. The molecule has 0 amide bonds. The molecule has 116 valence electrons. The summed E-state index contributed by atoms with van der Waals surface area (Å²) >= 11 is 0. The third-order valence-electron chi connectivity index (χ3n) is 3.21. The van der Waals surface area contributed by atoms with E-state index < -0.39 is 34.7 Å². The van der Waals surface area contributed by atoms with Crippen molar-refractivity contribution in [1.82, 2.24) is 0 Å². The number of rotatable bonds is 7. The van der Waals surface area contributed by atoms with Gasteiger partial charge < -0.3 is 19.3 Å². The van der Waals surface area contributed by atoms with Gasteiger partial charge in [0, 0.05) is 13.5 Å². The second-order valence-corrected chi connectivity index (χ2v) is 4.66. The number of halogens is 1. The van der Waals surface area contributed by atoms with Gasteiger partial charge in [-0.25, -0.2) is 4.39 Å². The average Bonchev–Trinajstić information content (AvgIpc) is 2.44. The molecule has 0 bridgehead atoms. The molecule has 2 rings (SSSR count). The maximum atomic E-state index is 13.0. The van der Waals surface area contributed by atoms with E-state index in [0.29, 0.717) is 13.0 Å². The highest BCUT2D eigenvalue weighted by Gasteiger charge is 2.43. The maximum Gasteiger partial charge on any atom is 0.313 e. The van der Waals surface area contributed by atoms with Crippen LogP contribution in [0.25, 0.3) is 0 Å². The molecule has 0 heterocycles. The van der Waals surface area contributed by atoms with E-state index in [-0.39, 0.29) is 12.4 Å². The lowest BCUT2D eigenvalue weighted by Crippen LogP contribution is -2.55. The number of nitro benzene ring substituents is 1. The van der Waals surface area contributed by atoms with Crippen LogP contribution < -0.4 is 4.74 Å². The zero-order chi connectivity index (χ0) is 15.4. The first-order valence-electron chi connectivity index (χ1n) is 6.42. The first kappa shape index (κ1) is 15.6. The minimum atomic E-state index is -0.714. The van der Waals surface area contributed by atoms with Crippen LogP contribution in [0.2, 0.25) is 0 Å². The fourth-order valence-electron chi connectivity index (χ4n) is 2.06. The first-order chi connectivity index (χ1) is 10.0. The summed E-state index contributed by atoms with van der Waals surface area (Å²) in [7, 11) is 1.52. The van der Waals surface area contributed by atoms with Crippen LogP contribution in [0.15, 0.2) is 18.2 Å². The lowest BCUT2D eigenvalue weighted by atomic mass is 9.88. The monoisotopic (exact) mass is 301 g/mol. The number of methoxy groups -OCH3 is 1. The standard InChI is InChI=1S/C13H16FNO6/c1-19-4-5-20-13-10(16)7-12(13)21-11-3-2-8(14)6-9(11)15(17)18/h2-3,6,10,12-13,16H,4-5,7H2,1H3. The predicted molar refractivity (Wildman–Crippen MR) is 69.7 cm³/mol. The highest BCUT2D eigenvalue weighted by Crippen LogP contribution is 2.34. The molecule has 1 fully saturated rings. The SMILES string of the molecule is COCCOC1C(O)CC1Oc1ccc(F)cc1[N+](=O)[O-]. The third-order valence-corrected chi connectivity index (χ3v) is 3.21. The summed E-state index contributed by atoms with van der Waals surface area (Å²) < 4.78 is 28.8. The van der Waals surface area contributed by atoms with Gasteiger partial charge in [0.15, 0.2) is 5.75 Å². The second kappa shape index (κ2) is 6.79. The minimum Gasteiger partial charge on any atom is -0.481 e. The van der Waals surface area contributed by atoms with Crippen molar-refractivity contribution in [3.05, 3.63) is 34.1 Å². The van der Waals surface area contributed by atoms with E-state index in [4.69, 9.17) is 14.2 Å². The van der Waals surface area contributed by atoms with E-state index in [1.807, 2.05) is 0 Å². The Labute approximate surface area is 120 Å². The lowest BCUT2D eigenvalue weighted by Gasteiger charge is -2.40. The molecule has 0 aliphatic heterocycles. The van der Waals surface area contributed by atoms with Crippen LogP contribution in [0.5, 0.6) is 5.75 Å². The van der Waals surface area contributed by atoms with Gasteiger partial charge in [0.05, 0.1) is 30.3 Å². The molecular formula is C13H16FNO6. The van der Waals surface area contributed by atoms with Crippen molar-refractivity contribution in [2.75, 3.05) is 20.3 Å². The van der Waals surface area contributed by atoms with Gasteiger partial charge in [0.2, 0.25) is 0 Å². The van der Waals surface area contributed by atoms with Gasteiger partial charge in [-0.15, -0.1) is 0 Å². The molecule has 3 atom stereocenters. The van der Waals surface area contributed by atoms with E-state index in [1.165, 1.54) is 13.2 Å². The molecule has 1 aliphatic carbocycles. The molecule has 1 aromatic carbocycles. The molecule has 0 spiro atoms. The number of nitro groups is 1. The highest BCUT2D eigenvalue weighted by molar-refractivity contribution is 5.46. The van der Waals surface area contributed by atoms with Crippen molar-refractivity contribution in [2.45, 2.75) is 24.7 Å². The van der Waals surface area contributed by atoms with Gasteiger partial charge >= 0.3 is 5.69 Å². The van der Waals surface area contributed by atoms with E-state index in [9.17, 15) is 19.6 Å². The van der Waals surface area contributed by atoms with Gasteiger partial charge in [-0.05, 0) is 12.1 Å². The Morgan fingerprint density at radius 2 is 2.24 bits per heavy atom. The zero-order valence-corrected chi connectivity index (χ0v) is 11.4. The van der Waals surface area contributed by atoms with Crippen LogP contribution >= 0.6 is 0 Å². The Balaban J connectivity index is 2.03. The Morgan fingerprint density at radius 3 is 2.86 bits per heavy atom. The summed E-state index contributed by atoms with van der Waals surface area (Å²) in [4.78, 5) is 10.2. The average molecular weight is 301 g/mol. The Hall–Kier alpha value is -1.77. The number of hydrogen-bond acceptors (Lipinski definition) is 6. The molecule has 1 N–H and O–H groups in total. The number of aliphatic hydroxyl groups is 1. The molecule has 1 aromatic rings. The van der Waals surface area contributed by atoms with Gasteiger partial charge in [-0.3, -0.25) is 10.1 Å². The number of aliphatic hydroxyl groups excluding tert-OH is 1. The van der Waals surface area contributed by atoms with Crippen LogP contribution in [0.3, 0.4) is 0 Å². The first-order valence-corrected chi connectivity index (χ1v) is 6.42. The lowest BCUT2D eigenvalue weighted by molar-refractivity contribution is -0.386. The number of hydrogen-bond donors (Lipinski definition) is 1. The molecule has 21 heavy (non-hydrogen) atoms. The molecule has 0 radical (unpaired) electrons. The summed E-state index contributed by atoms with van der Waals surface area (Å²) in [5.74, 6) is -0.755. The summed E-state index contributed by atoms with van der Waals surface area (Å²) in [6.07, 6.45) is -1.48. The van der Waals surface area contributed by atoms with Crippen LogP contribution in [-0.2, 0) is 9.47 Å². The third kappa shape index (κ3) is 3.66. The molecule has 7 nitrogen and oxygen atoms in total.